The molecular weight excluding hydrogens is 466 g/mol. The highest BCUT2D eigenvalue weighted by Crippen LogP contribution is 2.26. The number of hydrogen-bond donors (Lipinski definition) is 4. The fourth-order valence-electron chi connectivity index (χ4n) is 4.23. The van der Waals surface area contributed by atoms with Gasteiger partial charge in [-0.1, -0.05) is 58.3 Å². The van der Waals surface area contributed by atoms with Crippen LogP contribution in [0.25, 0.3) is 0 Å². The van der Waals surface area contributed by atoms with E-state index in [1.165, 1.54) is 23.4 Å². The highest BCUT2D eigenvalue weighted by molar-refractivity contribution is 5.95. The van der Waals surface area contributed by atoms with Gasteiger partial charge in [0, 0.05) is 11.4 Å². The van der Waals surface area contributed by atoms with Crippen LogP contribution in [0.4, 0.5) is 0 Å². The van der Waals surface area contributed by atoms with E-state index in [4.69, 9.17) is 0 Å². The van der Waals surface area contributed by atoms with E-state index in [1.807, 2.05) is 55.4 Å². The van der Waals surface area contributed by atoms with Gasteiger partial charge in [-0.2, -0.15) is 0 Å². The van der Waals surface area contributed by atoms with Crippen molar-refractivity contribution in [3.05, 3.63) is 33.8 Å². The van der Waals surface area contributed by atoms with Crippen LogP contribution in [0.3, 0.4) is 0 Å². The van der Waals surface area contributed by atoms with Gasteiger partial charge in [0.15, 0.2) is 0 Å². The summed E-state index contributed by atoms with van der Waals surface area (Å²) >= 11 is 0. The van der Waals surface area contributed by atoms with E-state index in [1.54, 1.807) is 0 Å². The van der Waals surface area contributed by atoms with Crippen molar-refractivity contribution in [1.29, 1.82) is 0 Å². The van der Waals surface area contributed by atoms with Gasteiger partial charge in [0.25, 0.3) is 0 Å². The molecule has 0 aromatic carbocycles. The molecule has 0 amide bonds. The number of aliphatic hydroxyl groups excluding tert-OH is 4. The SMILES string of the molecule is CC(C)=C1CCC(C(C)C)=N1.CC(C)=C1N=C(C(C)C)[C@H](O)[C@@H]1O.CC(C)=C1N=C(C(C)C)[C@H](O)[C@H]1O. The quantitative estimate of drug-likeness (QED) is 0.401. The molecule has 3 heterocycles. The molecule has 0 saturated heterocycles. The number of hydrogen-bond acceptors (Lipinski definition) is 7. The molecule has 0 aliphatic carbocycles. The van der Waals surface area contributed by atoms with Crippen molar-refractivity contribution in [3.63, 3.8) is 0 Å². The Bertz CT molecular complexity index is 928. The summed E-state index contributed by atoms with van der Waals surface area (Å²) in [6.07, 6.45) is -0.951. The number of nitrogens with zero attached hydrogens (tertiary/aromatic N) is 3. The Morgan fingerprint density at radius 2 is 0.919 bits per heavy atom. The monoisotopic (exact) mass is 517 g/mol. The zero-order valence-corrected chi connectivity index (χ0v) is 25.1. The summed E-state index contributed by atoms with van der Waals surface area (Å²) in [5.41, 5.74) is 8.60. The zero-order chi connectivity index (χ0) is 28.8. The smallest absolute Gasteiger partial charge is 0.127 e. The fourth-order valence-corrected chi connectivity index (χ4v) is 4.23. The van der Waals surface area contributed by atoms with E-state index < -0.39 is 24.4 Å². The minimum Gasteiger partial charge on any atom is -0.384 e. The summed E-state index contributed by atoms with van der Waals surface area (Å²) in [5.74, 6) is 0.995. The molecule has 0 spiro atoms. The summed E-state index contributed by atoms with van der Waals surface area (Å²) in [5, 5.41) is 38.5. The molecule has 37 heavy (non-hydrogen) atoms. The number of aliphatic imine (C=N–C) groups is 3. The molecule has 0 bridgehead atoms. The van der Waals surface area contributed by atoms with E-state index in [-0.39, 0.29) is 11.8 Å². The van der Waals surface area contributed by atoms with Crippen molar-refractivity contribution < 1.29 is 20.4 Å². The fraction of sp³-hybridized carbons (Fsp3) is 0.700. The lowest BCUT2D eigenvalue weighted by atomic mass is 10.0. The minimum atomic E-state index is -0.831. The Hall–Kier alpha value is -1.93. The van der Waals surface area contributed by atoms with Gasteiger partial charge < -0.3 is 20.4 Å². The van der Waals surface area contributed by atoms with Crippen molar-refractivity contribution in [3.8, 4) is 0 Å². The van der Waals surface area contributed by atoms with E-state index in [0.717, 1.165) is 17.6 Å². The second-order valence-corrected chi connectivity index (χ2v) is 11.6. The Balaban J connectivity index is 0.000000279. The summed E-state index contributed by atoms with van der Waals surface area (Å²) < 4.78 is 0. The van der Waals surface area contributed by atoms with Crippen LogP contribution in [-0.2, 0) is 0 Å². The van der Waals surface area contributed by atoms with Crippen molar-refractivity contribution in [2.75, 3.05) is 0 Å². The maximum absolute atomic E-state index is 9.63. The third kappa shape index (κ3) is 8.81. The molecule has 3 aliphatic rings. The predicted molar refractivity (Wildman–Crippen MR) is 155 cm³/mol. The van der Waals surface area contributed by atoms with Gasteiger partial charge in [0.1, 0.15) is 24.4 Å². The Morgan fingerprint density at radius 3 is 1.08 bits per heavy atom. The average Bonchev–Trinajstić information content (AvgIpc) is 3.47. The summed E-state index contributed by atoms with van der Waals surface area (Å²) in [6, 6.07) is 0. The molecule has 0 unspecified atom stereocenters. The Kier molecular flexibility index (Phi) is 12.8. The van der Waals surface area contributed by atoms with Crippen molar-refractivity contribution in [2.45, 2.75) is 120 Å². The second kappa shape index (κ2) is 14.3. The standard InChI is InChI=1S/2C10H17NO2.C10H17N/c2*1-5(2)7-9(12)10(13)8(11-7)6(3)4;1-7(2)9-5-6-10(11-9)8(3)4/h2*5,9-10,12-13H,1-4H3;7H,5-6H2,1-4H3/t9-,10+;9-,10-;/m00./s1. The van der Waals surface area contributed by atoms with E-state index >= 15 is 0 Å². The molecule has 7 heteroatoms. The first-order valence-corrected chi connectivity index (χ1v) is 13.5. The molecule has 3 aliphatic heterocycles. The van der Waals surface area contributed by atoms with Gasteiger partial charge in [0.05, 0.1) is 22.8 Å². The summed E-state index contributed by atoms with van der Waals surface area (Å²) in [4.78, 5) is 13.1. The Morgan fingerprint density at radius 1 is 0.541 bits per heavy atom. The molecule has 4 N–H and O–H groups in total. The predicted octanol–water partition coefficient (Wildman–Crippen LogP) is 5.40. The van der Waals surface area contributed by atoms with Crippen molar-refractivity contribution in [2.24, 2.45) is 32.7 Å². The van der Waals surface area contributed by atoms with E-state index in [9.17, 15) is 20.4 Å². The first-order chi connectivity index (χ1) is 17.0. The zero-order valence-electron chi connectivity index (χ0n) is 25.1. The molecular formula is C30H51N3O4. The first kappa shape index (κ1) is 33.1. The van der Waals surface area contributed by atoms with Gasteiger partial charge >= 0.3 is 0 Å². The van der Waals surface area contributed by atoms with Gasteiger partial charge in [-0.3, -0.25) is 15.0 Å². The topological polar surface area (TPSA) is 118 Å². The van der Waals surface area contributed by atoms with Gasteiger partial charge in [-0.15, -0.1) is 0 Å². The number of rotatable bonds is 3. The van der Waals surface area contributed by atoms with Crippen LogP contribution >= 0.6 is 0 Å². The molecule has 0 saturated carbocycles. The largest absolute Gasteiger partial charge is 0.384 e. The van der Waals surface area contributed by atoms with Gasteiger partial charge in [-0.25, -0.2) is 0 Å². The molecule has 0 radical (unpaired) electrons. The lowest BCUT2D eigenvalue weighted by Crippen LogP contribution is -2.31. The molecule has 4 atom stereocenters. The van der Waals surface area contributed by atoms with Crippen LogP contribution in [0.2, 0.25) is 0 Å². The number of aliphatic hydroxyl groups is 4. The summed E-state index contributed by atoms with van der Waals surface area (Å²) in [7, 11) is 0. The van der Waals surface area contributed by atoms with Gasteiger partial charge in [0.2, 0.25) is 0 Å². The molecule has 0 fully saturated rings. The van der Waals surface area contributed by atoms with Crippen LogP contribution in [0.1, 0.15) is 95.9 Å². The van der Waals surface area contributed by atoms with Crippen LogP contribution in [-0.4, -0.2) is 62.0 Å². The Labute approximate surface area is 224 Å². The summed E-state index contributed by atoms with van der Waals surface area (Å²) in [6.45, 7) is 24.1. The number of allylic oxidation sites excluding steroid dienone is 4. The van der Waals surface area contributed by atoms with Gasteiger partial charge in [-0.05, 0) is 72.1 Å². The molecule has 7 nitrogen and oxygen atoms in total. The lowest BCUT2D eigenvalue weighted by molar-refractivity contribution is 0.0902. The highest BCUT2D eigenvalue weighted by Gasteiger charge is 2.34. The second-order valence-electron chi connectivity index (χ2n) is 11.6. The first-order valence-electron chi connectivity index (χ1n) is 13.5. The molecule has 210 valence electrons. The maximum Gasteiger partial charge on any atom is 0.127 e. The third-order valence-corrected chi connectivity index (χ3v) is 6.61. The van der Waals surface area contributed by atoms with Crippen LogP contribution in [0.15, 0.2) is 48.8 Å². The normalized spacial score (nSPS) is 25.1. The van der Waals surface area contributed by atoms with E-state index in [0.29, 0.717) is 28.7 Å². The van der Waals surface area contributed by atoms with Crippen molar-refractivity contribution in [1.82, 2.24) is 0 Å². The average molecular weight is 518 g/mol. The highest BCUT2D eigenvalue weighted by atomic mass is 16.3. The maximum atomic E-state index is 9.63. The lowest BCUT2D eigenvalue weighted by Gasteiger charge is -2.12. The molecule has 3 rings (SSSR count). The third-order valence-electron chi connectivity index (χ3n) is 6.61. The molecule has 0 aromatic rings. The minimum absolute atomic E-state index is 0.182. The van der Waals surface area contributed by atoms with Crippen LogP contribution in [0, 0.1) is 17.8 Å². The molecule has 0 aromatic heterocycles. The van der Waals surface area contributed by atoms with Crippen LogP contribution in [0.5, 0.6) is 0 Å². The van der Waals surface area contributed by atoms with Crippen molar-refractivity contribution >= 4 is 17.1 Å². The van der Waals surface area contributed by atoms with E-state index in [2.05, 4.69) is 42.7 Å². The van der Waals surface area contributed by atoms with Crippen LogP contribution < -0.4 is 0 Å².